The van der Waals surface area contributed by atoms with Crippen molar-refractivity contribution in [1.82, 2.24) is 9.55 Å². The van der Waals surface area contributed by atoms with Gasteiger partial charge in [0.2, 0.25) is 0 Å². The summed E-state index contributed by atoms with van der Waals surface area (Å²) < 4.78 is 42.0. The Kier molecular flexibility index (Phi) is 54.8. The van der Waals surface area contributed by atoms with E-state index in [1.165, 1.54) is 23.3 Å². The Hall–Kier alpha value is -21.3. The van der Waals surface area contributed by atoms with Crippen LogP contribution in [0.15, 0.2) is 83.5 Å². The molecule has 0 aliphatic rings. The molecular formula is C104H176N4O13. The molecule has 0 N–H and O–H groups in total. The number of imidazole rings is 1. The van der Waals surface area contributed by atoms with Crippen LogP contribution in [-0.2, 0) is 53.1 Å². The zero-order chi connectivity index (χ0) is 87.4. The topological polar surface area (TPSA) is 202 Å². The average Bonchev–Trinajstić information content (AvgIpc) is 1.86. The van der Waals surface area contributed by atoms with Gasteiger partial charge in [0, 0.05) is 320 Å². The maximum atomic E-state index is 11.9. The molecule has 0 fully saturated rings. The number of amides is 2. The molecule has 1 aromatic heterocycles. The normalized spacial score (nSPS) is 6.89. The predicted octanol–water partition coefficient (Wildman–Crippen LogP) is 24.2. The van der Waals surface area contributed by atoms with Crippen LogP contribution in [0.4, 0.5) is 14.4 Å². The van der Waals surface area contributed by atoms with E-state index in [2.05, 4.69) is 393 Å². The second-order valence-corrected chi connectivity index (χ2v) is 19.6. The molecule has 0 aliphatic heterocycles. The van der Waals surface area contributed by atoms with Crippen LogP contribution >= 0.6 is 0 Å². The van der Waals surface area contributed by atoms with Crippen molar-refractivity contribution < 1.29 is 156 Å². The summed E-state index contributed by atoms with van der Waals surface area (Å²) in [6, 6.07) is 15.8. The van der Waals surface area contributed by atoms with Crippen LogP contribution in [0, 0.1) is 414 Å². The number of esters is 2. The van der Waals surface area contributed by atoms with E-state index in [-0.39, 0.29) is 140 Å². The van der Waals surface area contributed by atoms with Crippen LogP contribution in [0.5, 0.6) is 17.2 Å². The molecule has 17 nitrogen and oxygen atoms in total. The van der Waals surface area contributed by atoms with Gasteiger partial charge in [-0.2, -0.15) is 0 Å². The van der Waals surface area contributed by atoms with Crippen LogP contribution in [0.2, 0.25) is 0 Å². The molecule has 3 aromatic carbocycles. The Balaban J connectivity index is -0.0000000161. The number of carbonyl (C=O) groups excluding carboxylic acids is 5. The highest BCUT2D eigenvalue weighted by Gasteiger charge is 2.11. The first-order valence-corrected chi connectivity index (χ1v) is 33.2. The monoisotopic (exact) mass is 1690 g/mol. The molecule has 1 heterocycles. The largest absolute Gasteiger partial charge is 0.466 e. The molecule has 0 saturated heterocycles. The lowest BCUT2D eigenvalue weighted by Gasteiger charge is -2.07. The van der Waals surface area contributed by atoms with Gasteiger partial charge in [0.1, 0.15) is 61.7 Å². The maximum absolute atomic E-state index is 11.9. The third kappa shape index (κ3) is 58.4. The summed E-state index contributed by atoms with van der Waals surface area (Å²) in [5, 5.41) is 6.18. The second-order valence-electron chi connectivity index (χ2n) is 19.6. The standard InChI is InChI=1S/C36H18O5.C34H14N2O5.C34H12N2O3.66H2/c1-4-6-7-8-9-10-11-12-13-14-15-16-17-18-19-20-21-22-23-24-27-40-34-29-32(3)28-33(30-34)31-41-36(38)26-25-35(37)39-5-2;1-4-6-7-8-9-10-11-12-13-14-15-16-17-18-19-20-21-22-23-24-25-40-32-27-30(3)26-31(28-32)29-41-34(38)36-35-33(37)39-5-2;1-3-4-5-6-7-8-9-10-11-12-13-14-15-16-17-18-19-20-21-22-25-38-33-27-31(2)26-32(28-33)29-39-34(37)36-24-23-35-30-36;;;;;;;;;;;;;;;;;;;;;;;;;;;;;;;;;;;;;;;;;;;;;;;;;;;;;;;;;;;;;;;;;;/h1,28-30H,5,25-26,31H2,2-3H3;1,26-28H,5,29H2,2-3H3;1,23-24,26-28,30H,29H2,2H3;66*1H. The molecule has 690 valence electrons. The lowest BCUT2D eigenvalue weighted by molar-refractivity contribution is -0.150. The SMILES string of the molecule is C#CC#CC#CC#CC#CC#CC#CC#CC#CC#CC#COc1cc(C)cc(COC(=O)CCC(=O)OCC)c1.C#CC#CC#CC#CC#CC#CC#CC#CC#CC#CC#COc1cc(C)cc(COC(=O)N=NC(=O)OCC)c1.C#CC#CC#CC#CC#CC#CC#CC#CC#CC#CC#COc1cc(C)cc(COC(=O)n2ccnc2)c1.[HH].[HH].[HH].[HH].[HH].[HH].[HH].[HH].[HH].[HH].[HH].[HH].[HH].[HH].[HH].[HH].[HH].[HH].[HH].[HH].[HH].[HH].[HH].[HH].[HH].[HH].[HH].[HH].[HH].[HH].[HH].[HH].[HH].[HH].[HH].[HH].[HH].[HH].[HH].[HH].[HH].[HH].[HH].[HH].[HH].[HH].[HH].[HH].[HH].[HH].[HH].[HH].[HH].[HH].[HH].[HH].[HH].[HH].[HH].[HH].[HH].[HH].[HH].[HH].[HH].[HH]. The lowest BCUT2D eigenvalue weighted by Crippen LogP contribution is -2.11. The van der Waals surface area contributed by atoms with E-state index < -0.39 is 30.2 Å². The van der Waals surface area contributed by atoms with Gasteiger partial charge < -0.3 is 37.9 Å². The number of azo groups is 1. The molecule has 0 radical (unpaired) electrons. The molecule has 0 bridgehead atoms. The van der Waals surface area contributed by atoms with Gasteiger partial charge in [-0.05, 0) is 246 Å². The summed E-state index contributed by atoms with van der Waals surface area (Å²) in [6.07, 6.45) is 23.9. The molecular weight excluding hydrogens is 1510 g/mol. The molecule has 0 unspecified atom stereocenters. The fourth-order valence-corrected chi connectivity index (χ4v) is 6.60. The number of benzene rings is 3. The van der Waals surface area contributed by atoms with Crippen LogP contribution < -0.4 is 14.2 Å². The predicted molar refractivity (Wildman–Crippen MR) is 590 cm³/mol. The van der Waals surface area contributed by atoms with Gasteiger partial charge in [-0.1, -0.05) is 28.4 Å². The summed E-state index contributed by atoms with van der Waals surface area (Å²) in [7, 11) is 0. The van der Waals surface area contributed by atoms with Crippen molar-refractivity contribution in [2.24, 2.45) is 10.2 Å². The number of aryl methyl sites for hydroxylation is 3. The minimum Gasteiger partial charge on any atom is -0.466 e. The van der Waals surface area contributed by atoms with Crippen LogP contribution in [0.1, 0.15) is 154 Å². The molecule has 4 aromatic rings. The fourth-order valence-electron chi connectivity index (χ4n) is 6.60. The number of terminal acetylenes is 3. The van der Waals surface area contributed by atoms with Gasteiger partial charge in [-0.3, -0.25) is 9.59 Å². The third-order valence-corrected chi connectivity index (χ3v) is 10.7. The first-order valence-electron chi connectivity index (χ1n) is 33.2. The Morgan fingerprint density at radius 3 is 0.810 bits per heavy atom. The number of rotatable bonds is 14. The molecule has 2 amide bonds. The highest BCUT2D eigenvalue weighted by molar-refractivity contribution is 5.78. The smallest absolute Gasteiger partial charge is 0.452 e. The van der Waals surface area contributed by atoms with Crippen molar-refractivity contribution in [3.05, 3.63) is 107 Å². The van der Waals surface area contributed by atoms with Crippen molar-refractivity contribution in [2.75, 3.05) is 13.2 Å². The summed E-state index contributed by atoms with van der Waals surface area (Å²) in [5.74, 6) is 148. The minimum atomic E-state index is -1.04. The van der Waals surface area contributed by atoms with E-state index >= 15 is 0 Å². The Bertz CT molecular complexity index is 7190. The van der Waals surface area contributed by atoms with E-state index in [9.17, 15) is 24.0 Å². The number of hydrogen-bond acceptors (Lipinski definition) is 14. The Labute approximate surface area is 803 Å². The van der Waals surface area contributed by atoms with Gasteiger partial charge in [0.05, 0.1) is 26.1 Å². The van der Waals surface area contributed by atoms with Crippen LogP contribution in [-0.4, -0.2) is 53.0 Å². The van der Waals surface area contributed by atoms with E-state index in [0.29, 0.717) is 28.4 Å². The van der Waals surface area contributed by atoms with Gasteiger partial charge in [0.25, 0.3) is 0 Å². The van der Waals surface area contributed by atoms with Gasteiger partial charge in [0.15, 0.2) is 0 Å². The summed E-state index contributed by atoms with van der Waals surface area (Å²) >= 11 is 0. The van der Waals surface area contributed by atoms with Crippen molar-refractivity contribution in [3.8, 4) is 410 Å². The third-order valence-electron chi connectivity index (χ3n) is 10.7. The highest BCUT2D eigenvalue weighted by Crippen LogP contribution is 2.20. The quantitative estimate of drug-likeness (QED) is 0.0499. The molecule has 17 heteroatoms. The molecule has 0 aliphatic carbocycles. The Morgan fingerprint density at radius 1 is 0.314 bits per heavy atom. The van der Waals surface area contributed by atoms with Gasteiger partial charge in [-0.15, -0.1) is 19.3 Å². The average molecular weight is 1690 g/mol. The van der Waals surface area contributed by atoms with E-state index in [1.807, 2.05) is 32.9 Å². The lowest BCUT2D eigenvalue weighted by atomic mass is 10.1. The van der Waals surface area contributed by atoms with E-state index in [1.54, 1.807) is 56.3 Å². The van der Waals surface area contributed by atoms with Crippen LogP contribution in [0.3, 0.4) is 0 Å². The van der Waals surface area contributed by atoms with E-state index in [0.717, 1.165) is 22.3 Å². The van der Waals surface area contributed by atoms with Crippen LogP contribution in [0.25, 0.3) is 0 Å². The Morgan fingerprint density at radius 2 is 0.554 bits per heavy atom. The zero-order valence-electron chi connectivity index (χ0n) is 64.2. The number of nitrogens with zero attached hydrogens (tertiary/aromatic N) is 4. The summed E-state index contributed by atoms with van der Waals surface area (Å²) in [5.41, 5.74) is 4.71. The number of carbonyl (C=O) groups is 5. The first kappa shape index (κ1) is 95.8. The summed E-state index contributed by atoms with van der Waals surface area (Å²) in [4.78, 5) is 61.5. The van der Waals surface area contributed by atoms with Crippen molar-refractivity contribution in [2.45, 2.75) is 67.3 Å². The maximum Gasteiger partial charge on any atom is 0.452 e. The molecule has 0 atom stereocenters. The minimum absolute atomic E-state index is 0. The first-order chi connectivity index (χ1) is 59.3. The number of hydrogen-bond donors (Lipinski definition) is 0. The van der Waals surface area contributed by atoms with Gasteiger partial charge in [-0.25, -0.2) is 23.9 Å². The summed E-state index contributed by atoms with van der Waals surface area (Å²) in [6.45, 7) is 9.24. The van der Waals surface area contributed by atoms with Crippen molar-refractivity contribution >= 4 is 30.2 Å². The molecule has 4 rings (SSSR count). The zero-order valence-corrected chi connectivity index (χ0v) is 64.2. The molecule has 0 spiro atoms. The van der Waals surface area contributed by atoms with E-state index in [4.69, 9.17) is 52.4 Å². The van der Waals surface area contributed by atoms with Crippen molar-refractivity contribution in [3.63, 3.8) is 0 Å². The highest BCUT2D eigenvalue weighted by atomic mass is 16.6. The second kappa shape index (κ2) is 69.2. The molecule has 121 heavy (non-hydrogen) atoms. The fraction of sp³-hybridized carbons (Fsp3) is 0.115. The number of ether oxygens (including phenoxy) is 8. The molecule has 0 saturated carbocycles. The number of aromatic nitrogens is 2. The van der Waals surface area contributed by atoms with Gasteiger partial charge >= 0.3 is 30.2 Å². The van der Waals surface area contributed by atoms with Crippen molar-refractivity contribution in [1.29, 1.82) is 0 Å².